The number of nitrogens with zero attached hydrogens (tertiary/aromatic N) is 5. The van der Waals surface area contributed by atoms with Crippen LogP contribution in [0.15, 0.2) is 40.9 Å². The van der Waals surface area contributed by atoms with Gasteiger partial charge in [-0.05, 0) is 12.5 Å². The summed E-state index contributed by atoms with van der Waals surface area (Å²) in [6.07, 6.45) is 4.81. The molecule has 0 spiro atoms. The number of likely N-dealkylation sites (tertiary alicyclic amines) is 1. The Bertz CT molecular complexity index is 890. The van der Waals surface area contributed by atoms with E-state index in [0.717, 1.165) is 17.1 Å². The van der Waals surface area contributed by atoms with E-state index in [-0.39, 0.29) is 12.0 Å². The Balaban J connectivity index is 1.44. The molecule has 0 aliphatic carbocycles. The maximum absolute atomic E-state index is 6.12. The van der Waals surface area contributed by atoms with Crippen LogP contribution in [0.3, 0.4) is 0 Å². The lowest BCUT2D eigenvalue weighted by Crippen LogP contribution is -2.57. The molecule has 4 heterocycles. The number of amidine groups is 1. The van der Waals surface area contributed by atoms with Gasteiger partial charge in [-0.15, -0.1) is 5.10 Å². The number of hydrogen-bond donors (Lipinski definition) is 0. The summed E-state index contributed by atoms with van der Waals surface area (Å²) in [7, 11) is 1.60. The van der Waals surface area contributed by atoms with Crippen molar-refractivity contribution in [3.05, 3.63) is 46.3 Å². The molecule has 140 valence electrons. The Labute approximate surface area is 166 Å². The van der Waals surface area contributed by atoms with Gasteiger partial charge in [0.1, 0.15) is 22.0 Å². The first-order valence-electron chi connectivity index (χ1n) is 8.39. The Morgan fingerprint density at radius 1 is 1.07 bits per heavy atom. The maximum Gasteiger partial charge on any atom is 0.212 e. The van der Waals surface area contributed by atoms with Gasteiger partial charge in [0.25, 0.3) is 0 Å². The van der Waals surface area contributed by atoms with Crippen LogP contribution in [0.25, 0.3) is 0 Å². The minimum Gasteiger partial charge on any atom is -0.483 e. The van der Waals surface area contributed by atoms with Gasteiger partial charge in [0, 0.05) is 24.7 Å². The van der Waals surface area contributed by atoms with E-state index in [4.69, 9.17) is 32.7 Å². The van der Waals surface area contributed by atoms with E-state index in [0.29, 0.717) is 34.8 Å². The van der Waals surface area contributed by atoms with Crippen LogP contribution in [0.1, 0.15) is 18.4 Å². The molecule has 1 atom stereocenters. The summed E-state index contributed by atoms with van der Waals surface area (Å²) in [6, 6.07) is 3.83. The second kappa shape index (κ2) is 7.32. The molecule has 2 aliphatic rings. The van der Waals surface area contributed by atoms with E-state index >= 15 is 0 Å². The molecule has 7 nitrogen and oxygen atoms in total. The average molecular weight is 406 g/mol. The summed E-state index contributed by atoms with van der Waals surface area (Å²) < 4.78 is 11.1. The molecule has 0 amide bonds. The minimum atomic E-state index is -0.0272. The third-order valence-electron chi connectivity index (χ3n) is 4.55. The molecule has 2 aliphatic heterocycles. The summed E-state index contributed by atoms with van der Waals surface area (Å²) in [6.45, 7) is 3.32. The second-order valence-electron chi connectivity index (χ2n) is 6.34. The SMILES string of the molecule is COc1ccc(C2C(C)=NN=C2N2CC(Oc3c(Cl)cncc3Cl)C2)cn1. The van der Waals surface area contributed by atoms with Crippen LogP contribution < -0.4 is 9.47 Å². The Hall–Kier alpha value is -2.38. The molecule has 0 radical (unpaired) electrons. The first-order valence-corrected chi connectivity index (χ1v) is 9.15. The monoisotopic (exact) mass is 405 g/mol. The highest BCUT2D eigenvalue weighted by molar-refractivity contribution is 6.36. The van der Waals surface area contributed by atoms with Gasteiger partial charge in [0.15, 0.2) is 5.75 Å². The number of aromatic nitrogens is 2. The van der Waals surface area contributed by atoms with Crippen molar-refractivity contribution in [3.8, 4) is 11.6 Å². The topological polar surface area (TPSA) is 72.2 Å². The van der Waals surface area contributed by atoms with E-state index in [2.05, 4.69) is 25.1 Å². The quantitative estimate of drug-likeness (QED) is 0.778. The number of hydrogen-bond acceptors (Lipinski definition) is 7. The van der Waals surface area contributed by atoms with Gasteiger partial charge in [-0.25, -0.2) is 4.98 Å². The van der Waals surface area contributed by atoms with Crippen LogP contribution in [0.4, 0.5) is 0 Å². The van der Waals surface area contributed by atoms with Crippen LogP contribution in [-0.4, -0.2) is 52.7 Å². The Morgan fingerprint density at radius 3 is 2.44 bits per heavy atom. The van der Waals surface area contributed by atoms with E-state index in [1.807, 2.05) is 19.1 Å². The van der Waals surface area contributed by atoms with Crippen molar-refractivity contribution in [3.63, 3.8) is 0 Å². The van der Waals surface area contributed by atoms with Gasteiger partial charge in [0.05, 0.1) is 31.8 Å². The zero-order chi connectivity index (χ0) is 19.0. The second-order valence-corrected chi connectivity index (χ2v) is 7.16. The van der Waals surface area contributed by atoms with Crippen molar-refractivity contribution < 1.29 is 9.47 Å². The molecule has 2 aromatic rings. The molecule has 27 heavy (non-hydrogen) atoms. The van der Waals surface area contributed by atoms with E-state index < -0.39 is 0 Å². The first kappa shape index (κ1) is 18.0. The van der Waals surface area contributed by atoms with Crippen LogP contribution in [-0.2, 0) is 0 Å². The summed E-state index contributed by atoms with van der Waals surface area (Å²) in [5.74, 6) is 1.92. The van der Waals surface area contributed by atoms with Gasteiger partial charge in [-0.2, -0.15) is 5.10 Å². The molecule has 1 saturated heterocycles. The van der Waals surface area contributed by atoms with Gasteiger partial charge in [-0.3, -0.25) is 4.98 Å². The molecule has 1 unspecified atom stereocenters. The summed E-state index contributed by atoms with van der Waals surface area (Å²) in [5, 5.41) is 9.45. The molecule has 0 aromatic carbocycles. The molecular weight excluding hydrogens is 389 g/mol. The molecule has 0 N–H and O–H groups in total. The van der Waals surface area contributed by atoms with Gasteiger partial charge >= 0.3 is 0 Å². The van der Waals surface area contributed by atoms with Crippen molar-refractivity contribution in [2.45, 2.75) is 18.9 Å². The third-order valence-corrected chi connectivity index (χ3v) is 5.09. The zero-order valence-electron chi connectivity index (χ0n) is 14.8. The number of rotatable bonds is 4. The number of ether oxygens (including phenoxy) is 2. The predicted octanol–water partition coefficient (Wildman–Crippen LogP) is 3.43. The van der Waals surface area contributed by atoms with E-state index in [1.165, 1.54) is 12.4 Å². The maximum atomic E-state index is 6.12. The highest BCUT2D eigenvalue weighted by Crippen LogP contribution is 2.35. The standard InChI is InChI=1S/C18H17Cl2N5O2/c1-10-16(11-3-4-15(26-2)22-5-11)18(24-23-10)25-8-12(9-25)27-17-13(19)6-21-7-14(17)20/h3-7,12,16H,8-9H2,1-2H3. The zero-order valence-corrected chi connectivity index (χ0v) is 16.3. The largest absolute Gasteiger partial charge is 0.483 e. The third kappa shape index (κ3) is 3.44. The summed E-state index contributed by atoms with van der Waals surface area (Å²) in [5.41, 5.74) is 1.96. The Morgan fingerprint density at radius 2 is 1.81 bits per heavy atom. The van der Waals surface area contributed by atoms with Gasteiger partial charge in [0.2, 0.25) is 5.88 Å². The van der Waals surface area contributed by atoms with Crippen LogP contribution >= 0.6 is 23.2 Å². The minimum absolute atomic E-state index is 0.0162. The molecule has 9 heteroatoms. The van der Waals surface area contributed by atoms with Crippen LogP contribution in [0, 0.1) is 0 Å². The van der Waals surface area contributed by atoms with Crippen molar-refractivity contribution in [1.29, 1.82) is 0 Å². The normalized spacial score (nSPS) is 19.4. The number of methoxy groups -OCH3 is 1. The fourth-order valence-corrected chi connectivity index (χ4v) is 3.58. The van der Waals surface area contributed by atoms with Crippen LogP contribution in [0.5, 0.6) is 11.6 Å². The van der Waals surface area contributed by atoms with Crippen LogP contribution in [0.2, 0.25) is 10.0 Å². The van der Waals surface area contributed by atoms with Crippen molar-refractivity contribution in [2.75, 3.05) is 20.2 Å². The molecule has 4 rings (SSSR count). The smallest absolute Gasteiger partial charge is 0.212 e. The Kier molecular flexibility index (Phi) is 4.88. The van der Waals surface area contributed by atoms with E-state index in [9.17, 15) is 0 Å². The summed E-state index contributed by atoms with van der Waals surface area (Å²) in [4.78, 5) is 10.4. The molecule has 1 fully saturated rings. The van der Waals surface area contributed by atoms with Crippen molar-refractivity contribution >= 4 is 34.7 Å². The fourth-order valence-electron chi connectivity index (χ4n) is 3.13. The fraction of sp³-hybridized carbons (Fsp3) is 0.333. The van der Waals surface area contributed by atoms with Gasteiger partial charge in [-0.1, -0.05) is 29.3 Å². The number of halogens is 2. The lowest BCUT2D eigenvalue weighted by molar-refractivity contribution is 0.0664. The summed E-state index contributed by atoms with van der Waals surface area (Å²) >= 11 is 12.2. The van der Waals surface area contributed by atoms with Crippen molar-refractivity contribution in [1.82, 2.24) is 14.9 Å². The highest BCUT2D eigenvalue weighted by Gasteiger charge is 2.38. The molecule has 0 bridgehead atoms. The predicted molar refractivity (Wildman–Crippen MR) is 104 cm³/mol. The highest BCUT2D eigenvalue weighted by atomic mass is 35.5. The number of pyridine rings is 2. The van der Waals surface area contributed by atoms with Gasteiger partial charge < -0.3 is 14.4 Å². The lowest BCUT2D eigenvalue weighted by Gasteiger charge is -2.41. The van der Waals surface area contributed by atoms with Crippen molar-refractivity contribution in [2.24, 2.45) is 10.2 Å². The molecule has 0 saturated carbocycles. The molecule has 2 aromatic heterocycles. The first-order chi connectivity index (χ1) is 13.1. The lowest BCUT2D eigenvalue weighted by atomic mass is 9.93. The average Bonchev–Trinajstić information content (AvgIpc) is 3.01. The molecular formula is C18H17Cl2N5O2. The van der Waals surface area contributed by atoms with E-state index in [1.54, 1.807) is 13.3 Å².